The quantitative estimate of drug-likeness (QED) is 0.534. The van der Waals surface area contributed by atoms with Crippen molar-refractivity contribution >= 4 is 57.1 Å². The van der Waals surface area contributed by atoms with Crippen LogP contribution in [0.15, 0.2) is 23.4 Å². The van der Waals surface area contributed by atoms with Gasteiger partial charge in [-0.15, -0.1) is 11.3 Å². The van der Waals surface area contributed by atoms with Crippen LogP contribution in [-0.2, 0) is 23.3 Å². The van der Waals surface area contributed by atoms with Gasteiger partial charge in [0, 0.05) is 22.0 Å². The highest BCUT2D eigenvalue weighted by molar-refractivity contribution is 7.18. The molecule has 136 valence electrons. The van der Waals surface area contributed by atoms with Crippen molar-refractivity contribution < 1.29 is 9.63 Å². The van der Waals surface area contributed by atoms with E-state index in [1.54, 1.807) is 6.07 Å². The van der Waals surface area contributed by atoms with Crippen LogP contribution in [0.1, 0.15) is 57.4 Å². The van der Waals surface area contributed by atoms with Gasteiger partial charge in [-0.1, -0.05) is 28.4 Å². The highest BCUT2D eigenvalue weighted by Gasteiger charge is 2.39. The number of rotatable bonds is 3. The van der Waals surface area contributed by atoms with Crippen molar-refractivity contribution in [2.24, 2.45) is 5.16 Å². The van der Waals surface area contributed by atoms with Gasteiger partial charge in [-0.05, 0) is 73.5 Å². The van der Waals surface area contributed by atoms with Gasteiger partial charge in [0.1, 0.15) is 5.71 Å². The van der Waals surface area contributed by atoms with Crippen molar-refractivity contribution in [1.82, 2.24) is 0 Å². The Bertz CT molecular complexity index is 917. The number of carbonyl (C=O) groups is 1. The van der Waals surface area contributed by atoms with E-state index in [1.807, 2.05) is 19.1 Å². The molecule has 7 heteroatoms. The molecule has 2 aromatic rings. The first kappa shape index (κ1) is 18.3. The van der Waals surface area contributed by atoms with Crippen LogP contribution in [0, 0.1) is 0 Å². The number of oxime groups is 1. The minimum atomic E-state index is -0.638. The molecule has 0 bridgehead atoms. The van der Waals surface area contributed by atoms with Crippen LogP contribution in [0.4, 0.5) is 0 Å². The Morgan fingerprint density at radius 1 is 1.15 bits per heavy atom. The van der Waals surface area contributed by atoms with Crippen LogP contribution in [0.2, 0.25) is 10.0 Å². The number of benzene rings is 1. The highest BCUT2D eigenvalue weighted by atomic mass is 35.5. The summed E-state index contributed by atoms with van der Waals surface area (Å²) >= 11 is 19.6. The van der Waals surface area contributed by atoms with Crippen molar-refractivity contribution in [3.05, 3.63) is 54.7 Å². The zero-order valence-corrected chi connectivity index (χ0v) is 17.2. The van der Waals surface area contributed by atoms with Gasteiger partial charge in [0.2, 0.25) is 0 Å². The third-order valence-corrected chi connectivity index (χ3v) is 7.06. The number of hydrogen-bond donors (Lipinski definition) is 0. The van der Waals surface area contributed by atoms with Gasteiger partial charge in [-0.2, -0.15) is 0 Å². The highest BCUT2D eigenvalue weighted by Crippen LogP contribution is 2.42. The normalized spacial score (nSPS) is 21.9. The Balaban J connectivity index is 1.70. The van der Waals surface area contributed by atoms with Crippen LogP contribution in [0.5, 0.6) is 0 Å². The lowest BCUT2D eigenvalue weighted by Crippen LogP contribution is -2.22. The van der Waals surface area contributed by atoms with Crippen LogP contribution in [0.3, 0.4) is 0 Å². The molecule has 0 N–H and O–H groups in total. The lowest BCUT2D eigenvalue weighted by molar-refractivity contribution is -0.00737. The molecule has 1 aromatic carbocycles. The third kappa shape index (κ3) is 3.18. The van der Waals surface area contributed by atoms with Crippen LogP contribution < -0.4 is 0 Å². The first-order valence-electron chi connectivity index (χ1n) is 8.44. The average Bonchev–Trinajstić information content (AvgIpc) is 3.16. The average molecular weight is 429 g/mol. The number of hydrogen-bond acceptors (Lipinski definition) is 4. The summed E-state index contributed by atoms with van der Waals surface area (Å²) in [5.74, 6) is 0. The molecular weight excluding hydrogens is 413 g/mol. The molecule has 0 radical (unpaired) electrons. The van der Waals surface area contributed by atoms with Gasteiger partial charge in [0.15, 0.2) is 5.60 Å². The molecule has 2 aliphatic rings. The molecule has 1 aliphatic carbocycles. The van der Waals surface area contributed by atoms with E-state index >= 15 is 0 Å². The zero-order chi connectivity index (χ0) is 18.5. The molecular formula is C19H16Cl3NO2S. The first-order valence-corrected chi connectivity index (χ1v) is 10.4. The third-order valence-electron chi connectivity index (χ3n) is 5.00. The van der Waals surface area contributed by atoms with E-state index in [2.05, 4.69) is 5.16 Å². The number of nitrogens with zero attached hydrogens (tertiary/aromatic N) is 1. The molecule has 0 fully saturated rings. The minimum Gasteiger partial charge on any atom is -0.384 e. The maximum atomic E-state index is 11.8. The van der Waals surface area contributed by atoms with E-state index in [0.29, 0.717) is 21.3 Å². The Labute approximate surface area is 170 Å². The van der Waals surface area contributed by atoms with Gasteiger partial charge in [-0.3, -0.25) is 4.79 Å². The zero-order valence-electron chi connectivity index (χ0n) is 14.1. The first-order chi connectivity index (χ1) is 12.4. The number of thiophene rings is 1. The second-order valence-corrected chi connectivity index (χ2v) is 9.13. The molecule has 1 aromatic heterocycles. The Morgan fingerprint density at radius 3 is 2.46 bits per heavy atom. The lowest BCUT2D eigenvalue weighted by Gasteiger charge is -2.22. The summed E-state index contributed by atoms with van der Waals surface area (Å²) < 4.78 is 0. The predicted molar refractivity (Wildman–Crippen MR) is 107 cm³/mol. The topological polar surface area (TPSA) is 38.7 Å². The Morgan fingerprint density at radius 2 is 1.81 bits per heavy atom. The molecule has 0 spiro atoms. The van der Waals surface area contributed by atoms with E-state index < -0.39 is 5.60 Å². The van der Waals surface area contributed by atoms with E-state index in [1.165, 1.54) is 16.9 Å². The van der Waals surface area contributed by atoms with Crippen molar-refractivity contribution in [3.63, 3.8) is 0 Å². The molecule has 1 unspecified atom stereocenters. The monoisotopic (exact) mass is 427 g/mol. The van der Waals surface area contributed by atoms with E-state index in [9.17, 15) is 4.79 Å². The summed E-state index contributed by atoms with van der Waals surface area (Å²) in [4.78, 5) is 19.3. The SMILES string of the molecule is CC1(c2cc(Cl)cc(Cl)c2)CC(c2sc(C(=O)Cl)c3c2CCCC3)=NO1. The van der Waals surface area contributed by atoms with E-state index in [-0.39, 0.29) is 5.24 Å². The second-order valence-electron chi connectivity index (χ2n) is 6.89. The van der Waals surface area contributed by atoms with Gasteiger partial charge in [0.05, 0.1) is 9.75 Å². The van der Waals surface area contributed by atoms with Crippen molar-refractivity contribution in [2.75, 3.05) is 0 Å². The predicted octanol–water partition coefficient (Wildman–Crippen LogP) is 6.35. The second kappa shape index (κ2) is 6.83. The fourth-order valence-corrected chi connectivity index (χ4v) is 5.66. The maximum Gasteiger partial charge on any atom is 0.262 e. The van der Waals surface area contributed by atoms with E-state index in [4.69, 9.17) is 39.6 Å². The lowest BCUT2D eigenvalue weighted by atomic mass is 9.87. The maximum absolute atomic E-state index is 11.8. The summed E-state index contributed by atoms with van der Waals surface area (Å²) in [5, 5.41) is 5.10. The molecule has 1 atom stereocenters. The molecule has 0 saturated heterocycles. The van der Waals surface area contributed by atoms with Gasteiger partial charge in [-0.25, -0.2) is 0 Å². The molecule has 3 nitrogen and oxygen atoms in total. The van der Waals surface area contributed by atoms with Crippen molar-refractivity contribution in [2.45, 2.75) is 44.6 Å². The van der Waals surface area contributed by atoms with Crippen LogP contribution in [0.25, 0.3) is 0 Å². The fourth-order valence-electron chi connectivity index (χ4n) is 3.70. The largest absolute Gasteiger partial charge is 0.384 e. The molecule has 2 heterocycles. The van der Waals surface area contributed by atoms with Gasteiger partial charge in [0.25, 0.3) is 5.24 Å². The summed E-state index contributed by atoms with van der Waals surface area (Å²) in [7, 11) is 0. The number of halogens is 3. The standard InChI is InChI=1S/C19H16Cl3NO2S/c1-19(10-6-11(20)8-12(21)7-10)9-15(23-25-19)16-13-4-2-3-5-14(13)17(26-16)18(22)24/h6-8H,2-5,9H2,1H3. The molecule has 1 aliphatic heterocycles. The van der Waals surface area contributed by atoms with Gasteiger partial charge < -0.3 is 4.84 Å². The number of carbonyl (C=O) groups excluding carboxylic acids is 1. The Kier molecular flexibility index (Phi) is 4.81. The molecule has 26 heavy (non-hydrogen) atoms. The molecule has 0 amide bonds. The van der Waals surface area contributed by atoms with Crippen molar-refractivity contribution in [3.8, 4) is 0 Å². The smallest absolute Gasteiger partial charge is 0.262 e. The Hall–Kier alpha value is -1.07. The molecule has 4 rings (SSSR count). The molecule has 0 saturated carbocycles. The number of fused-ring (bicyclic) bond motifs is 1. The minimum absolute atomic E-state index is 0.386. The summed E-state index contributed by atoms with van der Waals surface area (Å²) in [6, 6.07) is 5.40. The fraction of sp³-hybridized carbons (Fsp3) is 0.368. The van der Waals surface area contributed by atoms with Gasteiger partial charge >= 0.3 is 0 Å². The van der Waals surface area contributed by atoms with E-state index in [0.717, 1.165) is 47.4 Å². The summed E-state index contributed by atoms with van der Waals surface area (Å²) in [5.41, 5.74) is 3.41. The van der Waals surface area contributed by atoms with Crippen LogP contribution >= 0.6 is 46.1 Å². The van der Waals surface area contributed by atoms with Crippen LogP contribution in [-0.4, -0.2) is 11.0 Å². The summed E-state index contributed by atoms with van der Waals surface area (Å²) in [6.07, 6.45) is 4.63. The van der Waals surface area contributed by atoms with Crippen molar-refractivity contribution in [1.29, 1.82) is 0 Å². The summed E-state index contributed by atoms with van der Waals surface area (Å²) in [6.45, 7) is 1.97.